The summed E-state index contributed by atoms with van der Waals surface area (Å²) in [4.78, 5) is 17.3. The van der Waals surface area contributed by atoms with E-state index in [1.807, 2.05) is 30.9 Å². The molecule has 2 aromatic rings. The number of hydrogen-bond donors (Lipinski definition) is 2. The zero-order valence-electron chi connectivity index (χ0n) is 22.5. The third-order valence-electron chi connectivity index (χ3n) is 7.97. The molecule has 0 bridgehead atoms. The van der Waals surface area contributed by atoms with Gasteiger partial charge in [0.2, 0.25) is 0 Å². The van der Waals surface area contributed by atoms with Gasteiger partial charge < -0.3 is 15.5 Å². The summed E-state index contributed by atoms with van der Waals surface area (Å²) in [6.45, 7) is 9.60. The van der Waals surface area contributed by atoms with Crippen LogP contribution in [0, 0.1) is 0 Å². The maximum absolute atomic E-state index is 12.9. The first-order chi connectivity index (χ1) is 17.7. The molecule has 0 radical (unpaired) electrons. The summed E-state index contributed by atoms with van der Waals surface area (Å²) in [5, 5.41) is 7.39. The van der Waals surface area contributed by atoms with Crippen LogP contribution >= 0.6 is 0 Å². The summed E-state index contributed by atoms with van der Waals surface area (Å²) in [6, 6.07) is 18.2. The number of anilines is 1. The first-order valence-electron chi connectivity index (χ1n) is 14.4. The standard InChI is InChI=1S/C31H46N4O/c1-3-34(4-2)31(36)26-18-16-25(17-19-26)30(35-22-20-32-21-23-35)27-12-11-15-29(24-27)33-28-13-9-7-5-6-8-10-14-28/h11-12,15-19,24,28,30,32-33H,3-10,13-14,20-23H2,1-2H3. The SMILES string of the molecule is CCN(CC)C(=O)c1ccc(C(c2cccc(NC3CCCCCCCC3)c2)N2CCNCC2)cc1. The molecule has 1 aliphatic heterocycles. The van der Waals surface area contributed by atoms with Gasteiger partial charge in [0, 0.05) is 56.6 Å². The zero-order valence-corrected chi connectivity index (χ0v) is 22.5. The highest BCUT2D eigenvalue weighted by Gasteiger charge is 2.25. The minimum Gasteiger partial charge on any atom is -0.382 e. The Morgan fingerprint density at radius 2 is 1.56 bits per heavy atom. The van der Waals surface area contributed by atoms with Gasteiger partial charge in [-0.05, 0) is 62.1 Å². The molecule has 1 aliphatic carbocycles. The fraction of sp³-hybridized carbons (Fsp3) is 0.581. The molecular formula is C31H46N4O. The number of benzene rings is 2. The Morgan fingerprint density at radius 1 is 0.917 bits per heavy atom. The number of carbonyl (C=O) groups excluding carboxylic acids is 1. The molecule has 1 unspecified atom stereocenters. The van der Waals surface area contributed by atoms with Crippen molar-refractivity contribution in [2.75, 3.05) is 44.6 Å². The summed E-state index contributed by atoms with van der Waals surface area (Å²) >= 11 is 0. The highest BCUT2D eigenvalue weighted by atomic mass is 16.2. The fourth-order valence-electron chi connectivity index (χ4n) is 5.87. The predicted molar refractivity (Wildman–Crippen MR) is 151 cm³/mol. The lowest BCUT2D eigenvalue weighted by Gasteiger charge is -2.36. The van der Waals surface area contributed by atoms with E-state index in [0.717, 1.165) is 44.8 Å². The van der Waals surface area contributed by atoms with Gasteiger partial charge in [0.1, 0.15) is 0 Å². The Bertz CT molecular complexity index is 924. The van der Waals surface area contributed by atoms with Gasteiger partial charge in [0.05, 0.1) is 6.04 Å². The Hall–Kier alpha value is -2.37. The monoisotopic (exact) mass is 490 g/mol. The molecule has 0 spiro atoms. The molecule has 5 heteroatoms. The summed E-state index contributed by atoms with van der Waals surface area (Å²) in [5.74, 6) is 0.117. The molecule has 1 heterocycles. The second-order valence-corrected chi connectivity index (χ2v) is 10.5. The molecule has 2 N–H and O–H groups in total. The number of nitrogens with zero attached hydrogens (tertiary/aromatic N) is 2. The topological polar surface area (TPSA) is 47.6 Å². The van der Waals surface area contributed by atoms with Crippen LogP contribution in [-0.4, -0.2) is 61.0 Å². The van der Waals surface area contributed by atoms with E-state index in [2.05, 4.69) is 51.9 Å². The molecule has 36 heavy (non-hydrogen) atoms. The minimum atomic E-state index is 0.117. The molecule has 1 atom stereocenters. The van der Waals surface area contributed by atoms with Crippen molar-refractivity contribution in [1.29, 1.82) is 0 Å². The van der Waals surface area contributed by atoms with Crippen LogP contribution in [0.5, 0.6) is 0 Å². The Kier molecular flexibility index (Phi) is 10.2. The molecule has 1 saturated carbocycles. The molecule has 2 aliphatic rings. The van der Waals surface area contributed by atoms with E-state index in [1.165, 1.54) is 68.2 Å². The van der Waals surface area contributed by atoms with Crippen molar-refractivity contribution in [3.8, 4) is 0 Å². The Labute approximate surface area is 218 Å². The van der Waals surface area contributed by atoms with E-state index in [1.54, 1.807) is 0 Å². The molecule has 2 aromatic carbocycles. The largest absolute Gasteiger partial charge is 0.382 e. The third kappa shape index (κ3) is 7.10. The number of hydrogen-bond acceptors (Lipinski definition) is 4. The first-order valence-corrected chi connectivity index (χ1v) is 14.4. The fourth-order valence-corrected chi connectivity index (χ4v) is 5.87. The van der Waals surface area contributed by atoms with Gasteiger partial charge in [-0.1, -0.05) is 62.8 Å². The van der Waals surface area contributed by atoms with Crippen LogP contribution in [0.4, 0.5) is 5.69 Å². The number of rotatable bonds is 8. The van der Waals surface area contributed by atoms with E-state index in [4.69, 9.17) is 0 Å². The lowest BCUT2D eigenvalue weighted by molar-refractivity contribution is 0.0773. The quantitative estimate of drug-likeness (QED) is 0.471. The van der Waals surface area contributed by atoms with Crippen molar-refractivity contribution >= 4 is 11.6 Å². The van der Waals surface area contributed by atoms with Crippen LogP contribution < -0.4 is 10.6 Å². The highest BCUT2D eigenvalue weighted by Crippen LogP contribution is 2.31. The van der Waals surface area contributed by atoms with Crippen molar-refractivity contribution in [3.63, 3.8) is 0 Å². The molecule has 1 amide bonds. The number of nitrogens with one attached hydrogen (secondary N) is 2. The van der Waals surface area contributed by atoms with Gasteiger partial charge in [-0.3, -0.25) is 9.69 Å². The maximum atomic E-state index is 12.9. The lowest BCUT2D eigenvalue weighted by Crippen LogP contribution is -2.45. The molecule has 0 aromatic heterocycles. The summed E-state index contributed by atoms with van der Waals surface area (Å²) in [5.41, 5.74) is 4.60. The maximum Gasteiger partial charge on any atom is 0.253 e. The van der Waals surface area contributed by atoms with E-state index in [-0.39, 0.29) is 11.9 Å². The summed E-state index contributed by atoms with van der Waals surface area (Å²) < 4.78 is 0. The van der Waals surface area contributed by atoms with Crippen LogP contribution in [0.2, 0.25) is 0 Å². The summed E-state index contributed by atoms with van der Waals surface area (Å²) in [6.07, 6.45) is 10.7. The second-order valence-electron chi connectivity index (χ2n) is 10.5. The van der Waals surface area contributed by atoms with Crippen LogP contribution in [0.15, 0.2) is 48.5 Å². The number of piperazine rings is 1. The van der Waals surface area contributed by atoms with E-state index >= 15 is 0 Å². The van der Waals surface area contributed by atoms with Gasteiger partial charge in [-0.2, -0.15) is 0 Å². The van der Waals surface area contributed by atoms with Crippen LogP contribution in [0.1, 0.15) is 92.7 Å². The van der Waals surface area contributed by atoms with E-state index in [9.17, 15) is 4.79 Å². The molecular weight excluding hydrogens is 444 g/mol. The molecule has 1 saturated heterocycles. The Morgan fingerprint density at radius 3 is 2.19 bits per heavy atom. The smallest absolute Gasteiger partial charge is 0.253 e. The second kappa shape index (κ2) is 13.8. The molecule has 4 rings (SSSR count). The van der Waals surface area contributed by atoms with Crippen LogP contribution in [0.25, 0.3) is 0 Å². The van der Waals surface area contributed by atoms with Gasteiger partial charge in [-0.15, -0.1) is 0 Å². The average molecular weight is 491 g/mol. The van der Waals surface area contributed by atoms with Gasteiger partial charge in [0.15, 0.2) is 0 Å². The minimum absolute atomic E-state index is 0.117. The Balaban J connectivity index is 1.56. The van der Waals surface area contributed by atoms with Crippen molar-refractivity contribution in [3.05, 3.63) is 65.2 Å². The van der Waals surface area contributed by atoms with Gasteiger partial charge in [0.25, 0.3) is 5.91 Å². The van der Waals surface area contributed by atoms with Crippen molar-refractivity contribution in [2.24, 2.45) is 0 Å². The predicted octanol–water partition coefficient (Wildman–Crippen LogP) is 6.08. The first kappa shape index (κ1) is 26.7. The highest BCUT2D eigenvalue weighted by molar-refractivity contribution is 5.94. The lowest BCUT2D eigenvalue weighted by atomic mass is 9.94. The molecule has 5 nitrogen and oxygen atoms in total. The molecule has 2 fully saturated rings. The van der Waals surface area contributed by atoms with Crippen molar-refractivity contribution in [2.45, 2.75) is 77.3 Å². The number of carbonyl (C=O) groups is 1. The van der Waals surface area contributed by atoms with E-state index < -0.39 is 0 Å². The molecule has 196 valence electrons. The zero-order chi connectivity index (χ0) is 25.2. The van der Waals surface area contributed by atoms with Gasteiger partial charge >= 0.3 is 0 Å². The average Bonchev–Trinajstić information content (AvgIpc) is 3.05. The van der Waals surface area contributed by atoms with Crippen molar-refractivity contribution < 1.29 is 4.79 Å². The van der Waals surface area contributed by atoms with Crippen molar-refractivity contribution in [1.82, 2.24) is 15.1 Å². The normalized spacial score (nSPS) is 19.1. The summed E-state index contributed by atoms with van der Waals surface area (Å²) in [7, 11) is 0. The van der Waals surface area contributed by atoms with Crippen LogP contribution in [0.3, 0.4) is 0 Å². The number of amides is 1. The third-order valence-corrected chi connectivity index (χ3v) is 7.97. The van der Waals surface area contributed by atoms with Gasteiger partial charge in [-0.25, -0.2) is 0 Å². The van der Waals surface area contributed by atoms with E-state index in [0.29, 0.717) is 6.04 Å². The van der Waals surface area contributed by atoms with Crippen LogP contribution in [-0.2, 0) is 0 Å².